The highest BCUT2D eigenvalue weighted by Crippen LogP contribution is 2.45. The van der Waals surface area contributed by atoms with E-state index in [1.54, 1.807) is 0 Å². The van der Waals surface area contributed by atoms with Crippen LogP contribution >= 0.6 is 11.3 Å². The summed E-state index contributed by atoms with van der Waals surface area (Å²) in [7, 11) is 0. The van der Waals surface area contributed by atoms with Gasteiger partial charge in [0.15, 0.2) is 0 Å². The zero-order valence-corrected chi connectivity index (χ0v) is 22.1. The molecule has 35 heavy (non-hydrogen) atoms. The number of pyridine rings is 1. The van der Waals surface area contributed by atoms with Crippen LogP contribution in [0.15, 0.2) is 65.2 Å². The average Bonchev–Trinajstić information content (AvgIpc) is 3.34. The first-order chi connectivity index (χ1) is 16.7. The zero-order chi connectivity index (χ0) is 24.5. The second-order valence-corrected chi connectivity index (χ2v) is 12.4. The van der Waals surface area contributed by atoms with E-state index >= 15 is 0 Å². The molecule has 3 aromatic heterocycles. The summed E-state index contributed by atoms with van der Waals surface area (Å²) in [5.74, 6) is 0.590. The predicted molar refractivity (Wildman–Crippen MR) is 152 cm³/mol. The molecular formula is C32H31NOS. The van der Waals surface area contributed by atoms with E-state index in [1.165, 1.54) is 42.2 Å². The molecule has 0 spiro atoms. The van der Waals surface area contributed by atoms with Crippen molar-refractivity contribution in [3.8, 4) is 11.3 Å². The van der Waals surface area contributed by atoms with Crippen LogP contribution in [0.5, 0.6) is 0 Å². The molecule has 0 aliphatic heterocycles. The smallest absolute Gasteiger partial charge is 0.139 e. The van der Waals surface area contributed by atoms with E-state index in [9.17, 15) is 0 Å². The number of rotatable bonds is 3. The van der Waals surface area contributed by atoms with Crippen LogP contribution in [0.3, 0.4) is 0 Å². The van der Waals surface area contributed by atoms with E-state index in [-0.39, 0.29) is 5.41 Å². The highest BCUT2D eigenvalue weighted by Gasteiger charge is 2.23. The van der Waals surface area contributed by atoms with Gasteiger partial charge in [0, 0.05) is 32.1 Å². The Morgan fingerprint density at radius 2 is 1.69 bits per heavy atom. The molecule has 0 saturated heterocycles. The molecule has 3 aromatic carbocycles. The van der Waals surface area contributed by atoms with E-state index < -0.39 is 0 Å². The first kappa shape index (κ1) is 22.3. The van der Waals surface area contributed by atoms with Crippen molar-refractivity contribution in [2.75, 3.05) is 0 Å². The van der Waals surface area contributed by atoms with Crippen molar-refractivity contribution in [2.45, 2.75) is 53.4 Å². The molecule has 6 aromatic rings. The summed E-state index contributed by atoms with van der Waals surface area (Å²) < 4.78 is 7.77. The van der Waals surface area contributed by atoms with Gasteiger partial charge in [0.1, 0.15) is 11.2 Å². The molecule has 3 heterocycles. The van der Waals surface area contributed by atoms with Gasteiger partial charge in [-0.15, -0.1) is 11.3 Å². The van der Waals surface area contributed by atoms with Gasteiger partial charge in [-0.25, -0.2) is 0 Å². The number of hydrogen-bond acceptors (Lipinski definition) is 3. The first-order valence-electron chi connectivity index (χ1n) is 12.5. The molecular weight excluding hydrogens is 446 g/mol. The lowest BCUT2D eigenvalue weighted by molar-refractivity contribution is 0.596. The van der Waals surface area contributed by atoms with Crippen molar-refractivity contribution in [2.24, 2.45) is 5.92 Å². The Balaban J connectivity index is 1.75. The van der Waals surface area contributed by atoms with Crippen molar-refractivity contribution >= 4 is 54.1 Å². The van der Waals surface area contributed by atoms with Crippen molar-refractivity contribution < 1.29 is 4.42 Å². The summed E-state index contributed by atoms with van der Waals surface area (Å²) in [5, 5.41) is 6.25. The SMILES string of the molecule is Cc1sc2ccc3oc4ccnc(-c5cc(C(C)(C)C)c6ccccc6c5)c4c3c2c1CC(C)C. The van der Waals surface area contributed by atoms with Gasteiger partial charge in [-0.1, -0.05) is 58.9 Å². The molecule has 0 radical (unpaired) electrons. The highest BCUT2D eigenvalue weighted by molar-refractivity contribution is 7.19. The van der Waals surface area contributed by atoms with Crippen molar-refractivity contribution in [3.63, 3.8) is 0 Å². The molecule has 176 valence electrons. The largest absolute Gasteiger partial charge is 0.456 e. The molecule has 0 unspecified atom stereocenters. The molecule has 0 fully saturated rings. The van der Waals surface area contributed by atoms with Gasteiger partial charge < -0.3 is 4.42 Å². The molecule has 6 rings (SSSR count). The number of benzene rings is 3. The van der Waals surface area contributed by atoms with Gasteiger partial charge in [0.2, 0.25) is 0 Å². The van der Waals surface area contributed by atoms with Crippen molar-refractivity contribution in [1.29, 1.82) is 0 Å². The van der Waals surface area contributed by atoms with Crippen molar-refractivity contribution in [3.05, 3.63) is 76.8 Å². The maximum atomic E-state index is 6.44. The van der Waals surface area contributed by atoms with Crippen LogP contribution in [0, 0.1) is 12.8 Å². The Bertz CT molecular complexity index is 1740. The van der Waals surface area contributed by atoms with Crippen molar-refractivity contribution in [1.82, 2.24) is 4.98 Å². The fourth-order valence-corrected chi connectivity index (χ4v) is 6.62. The Morgan fingerprint density at radius 3 is 2.46 bits per heavy atom. The fraction of sp³-hybridized carbons (Fsp3) is 0.281. The van der Waals surface area contributed by atoms with Crippen LogP contribution in [0.2, 0.25) is 0 Å². The summed E-state index contributed by atoms with van der Waals surface area (Å²) in [4.78, 5) is 6.38. The van der Waals surface area contributed by atoms with Gasteiger partial charge >= 0.3 is 0 Å². The Hall–Kier alpha value is -3.17. The lowest BCUT2D eigenvalue weighted by Gasteiger charge is -2.22. The van der Waals surface area contributed by atoms with Gasteiger partial charge in [0.05, 0.1) is 11.1 Å². The zero-order valence-electron chi connectivity index (χ0n) is 21.3. The Kier molecular flexibility index (Phi) is 5.05. The van der Waals surface area contributed by atoms with Gasteiger partial charge in [-0.3, -0.25) is 4.98 Å². The average molecular weight is 478 g/mol. The number of hydrogen-bond donors (Lipinski definition) is 0. The van der Waals surface area contributed by atoms with E-state index in [0.717, 1.165) is 34.2 Å². The molecule has 0 atom stereocenters. The molecule has 0 bridgehead atoms. The lowest BCUT2D eigenvalue weighted by Crippen LogP contribution is -2.12. The maximum Gasteiger partial charge on any atom is 0.139 e. The van der Waals surface area contributed by atoms with E-state index in [2.05, 4.69) is 90.1 Å². The van der Waals surface area contributed by atoms with Gasteiger partial charge in [-0.2, -0.15) is 0 Å². The lowest BCUT2D eigenvalue weighted by atomic mass is 9.82. The normalized spacial score (nSPS) is 12.7. The van der Waals surface area contributed by atoms with E-state index in [1.807, 2.05) is 23.6 Å². The number of aromatic nitrogens is 1. The number of thiophene rings is 1. The molecule has 3 heteroatoms. The number of aryl methyl sites for hydroxylation is 1. The predicted octanol–water partition coefficient (Wildman–Crippen LogP) is 9.82. The van der Waals surface area contributed by atoms with Gasteiger partial charge in [-0.05, 0) is 76.9 Å². The number of nitrogens with zero attached hydrogens (tertiary/aromatic N) is 1. The highest BCUT2D eigenvalue weighted by atomic mass is 32.1. The van der Waals surface area contributed by atoms with Gasteiger partial charge in [0.25, 0.3) is 0 Å². The fourth-order valence-electron chi connectivity index (χ4n) is 5.51. The summed E-state index contributed by atoms with van der Waals surface area (Å²) in [6, 6.07) is 19.7. The van der Waals surface area contributed by atoms with E-state index in [4.69, 9.17) is 9.40 Å². The second kappa shape index (κ2) is 7.93. The third-order valence-corrected chi connectivity index (χ3v) is 8.17. The standard InChI is InChI=1S/C32H31NOS/c1-18(2)15-23-19(3)35-27-12-11-25-29(28(23)27)30-26(34-25)13-14-33-31(30)21-16-20-9-7-8-10-22(20)24(17-21)32(4,5)6/h7-14,16-18H,15H2,1-6H3. The van der Waals surface area contributed by atoms with Crippen LogP contribution in [0.25, 0.3) is 54.1 Å². The van der Waals surface area contributed by atoms with Crippen LogP contribution in [-0.4, -0.2) is 4.98 Å². The number of fused-ring (bicyclic) bond motifs is 6. The summed E-state index contributed by atoms with van der Waals surface area (Å²) in [6.45, 7) is 13.7. The quantitative estimate of drug-likeness (QED) is 0.253. The molecule has 0 amide bonds. The monoisotopic (exact) mass is 477 g/mol. The van der Waals surface area contributed by atoms with Crippen LogP contribution in [0.4, 0.5) is 0 Å². The Morgan fingerprint density at radius 1 is 0.914 bits per heavy atom. The molecule has 0 saturated carbocycles. The second-order valence-electron chi connectivity index (χ2n) is 11.2. The summed E-state index contributed by atoms with van der Waals surface area (Å²) in [5.41, 5.74) is 6.82. The minimum atomic E-state index is 0.0180. The molecule has 0 aliphatic carbocycles. The molecule has 0 aliphatic rings. The minimum absolute atomic E-state index is 0.0180. The topological polar surface area (TPSA) is 26.0 Å². The summed E-state index contributed by atoms with van der Waals surface area (Å²) in [6.07, 6.45) is 2.95. The first-order valence-corrected chi connectivity index (χ1v) is 13.3. The molecule has 2 nitrogen and oxygen atoms in total. The minimum Gasteiger partial charge on any atom is -0.456 e. The third kappa shape index (κ3) is 3.56. The number of furan rings is 1. The van der Waals surface area contributed by atoms with Crippen LogP contribution in [0.1, 0.15) is 50.6 Å². The molecule has 0 N–H and O–H groups in total. The third-order valence-electron chi connectivity index (χ3n) is 7.06. The Labute approximate surface area is 210 Å². The van der Waals surface area contributed by atoms with Crippen LogP contribution in [-0.2, 0) is 11.8 Å². The summed E-state index contributed by atoms with van der Waals surface area (Å²) >= 11 is 1.89. The maximum absolute atomic E-state index is 6.44. The van der Waals surface area contributed by atoms with E-state index in [0.29, 0.717) is 5.92 Å². The van der Waals surface area contributed by atoms with Crippen LogP contribution < -0.4 is 0 Å².